The van der Waals surface area contributed by atoms with Crippen LogP contribution in [0.25, 0.3) is 0 Å². The Kier molecular flexibility index (Phi) is 4.94. The molecule has 1 aromatic carbocycles. The van der Waals surface area contributed by atoms with E-state index in [4.69, 9.17) is 0 Å². The number of benzene rings is 1. The summed E-state index contributed by atoms with van der Waals surface area (Å²) < 4.78 is 13.3. The van der Waals surface area contributed by atoms with Crippen LogP contribution < -0.4 is 9.80 Å². The lowest BCUT2D eigenvalue weighted by Gasteiger charge is -2.25. The molecule has 0 amide bonds. The van der Waals surface area contributed by atoms with Gasteiger partial charge in [-0.05, 0) is 30.2 Å². The molecular formula is C18H24FN5. The maximum absolute atomic E-state index is 13.3. The van der Waals surface area contributed by atoms with Crippen LogP contribution in [-0.2, 0) is 6.54 Å². The summed E-state index contributed by atoms with van der Waals surface area (Å²) in [4.78, 5) is 15.5. The molecule has 1 aliphatic heterocycles. The molecule has 1 aromatic heterocycles. The van der Waals surface area contributed by atoms with Gasteiger partial charge in [-0.25, -0.2) is 9.37 Å². The lowest BCUT2D eigenvalue weighted by atomic mass is 10.2. The summed E-state index contributed by atoms with van der Waals surface area (Å²) in [6, 6.07) is 9.12. The van der Waals surface area contributed by atoms with Crippen LogP contribution in [0.3, 0.4) is 0 Å². The van der Waals surface area contributed by atoms with Crippen molar-refractivity contribution in [3.05, 3.63) is 47.9 Å². The molecule has 0 aliphatic carbocycles. The first-order valence-electron chi connectivity index (χ1n) is 8.23. The molecule has 128 valence electrons. The number of likely N-dealkylation sites (tertiary alicyclic amines) is 1. The molecule has 0 spiro atoms. The third-order valence-electron chi connectivity index (χ3n) is 4.49. The molecule has 1 aliphatic rings. The zero-order chi connectivity index (χ0) is 17.1. The van der Waals surface area contributed by atoms with Crippen molar-refractivity contribution >= 4 is 11.8 Å². The summed E-state index contributed by atoms with van der Waals surface area (Å²) in [6.07, 6.45) is 2.86. The Balaban J connectivity index is 1.63. The van der Waals surface area contributed by atoms with E-state index in [1.165, 1.54) is 6.07 Å². The third kappa shape index (κ3) is 3.82. The van der Waals surface area contributed by atoms with Crippen LogP contribution >= 0.6 is 0 Å². The minimum atomic E-state index is -0.172. The normalized spacial score (nSPS) is 17.9. The van der Waals surface area contributed by atoms with Crippen molar-refractivity contribution in [2.75, 3.05) is 44.0 Å². The number of halogens is 1. The average Bonchev–Trinajstić information content (AvgIpc) is 3.02. The van der Waals surface area contributed by atoms with E-state index in [0.717, 1.165) is 43.4 Å². The van der Waals surface area contributed by atoms with Gasteiger partial charge >= 0.3 is 0 Å². The van der Waals surface area contributed by atoms with E-state index in [2.05, 4.69) is 19.8 Å². The van der Waals surface area contributed by atoms with Gasteiger partial charge in [0.25, 0.3) is 0 Å². The topological polar surface area (TPSA) is 35.5 Å². The summed E-state index contributed by atoms with van der Waals surface area (Å²) in [5.41, 5.74) is 1.02. The quantitative estimate of drug-likeness (QED) is 0.842. The summed E-state index contributed by atoms with van der Waals surface area (Å²) in [5.74, 6) is 1.48. The van der Waals surface area contributed by atoms with Crippen molar-refractivity contribution in [2.24, 2.45) is 0 Å². The van der Waals surface area contributed by atoms with Gasteiger partial charge in [-0.15, -0.1) is 0 Å². The predicted molar refractivity (Wildman–Crippen MR) is 94.8 cm³/mol. The smallest absolute Gasteiger partial charge is 0.227 e. The second-order valence-corrected chi connectivity index (χ2v) is 6.53. The van der Waals surface area contributed by atoms with Crippen LogP contribution in [0.1, 0.15) is 12.0 Å². The van der Waals surface area contributed by atoms with E-state index < -0.39 is 0 Å². The summed E-state index contributed by atoms with van der Waals surface area (Å²) in [7, 11) is 6.00. The van der Waals surface area contributed by atoms with Crippen molar-refractivity contribution in [1.82, 2.24) is 14.9 Å². The Morgan fingerprint density at radius 1 is 1.25 bits per heavy atom. The number of rotatable bonds is 5. The molecule has 5 nitrogen and oxygen atoms in total. The maximum atomic E-state index is 13.3. The molecule has 2 heterocycles. The number of nitrogens with zero attached hydrogens (tertiary/aromatic N) is 5. The lowest BCUT2D eigenvalue weighted by Crippen LogP contribution is -2.35. The van der Waals surface area contributed by atoms with Gasteiger partial charge in [0.05, 0.1) is 0 Å². The molecule has 1 unspecified atom stereocenters. The van der Waals surface area contributed by atoms with E-state index in [0.29, 0.717) is 6.04 Å². The number of hydrogen-bond donors (Lipinski definition) is 0. The van der Waals surface area contributed by atoms with Crippen LogP contribution in [0, 0.1) is 5.82 Å². The molecular weight excluding hydrogens is 305 g/mol. The molecule has 1 atom stereocenters. The highest BCUT2D eigenvalue weighted by Gasteiger charge is 2.27. The second-order valence-electron chi connectivity index (χ2n) is 6.53. The second kappa shape index (κ2) is 7.13. The first-order chi connectivity index (χ1) is 11.5. The molecule has 1 saturated heterocycles. The SMILES string of the molecule is CN(C)c1ccnc(N(C)C2CCN(Cc3cccc(F)c3)C2)n1. The molecule has 6 heteroatoms. The summed E-state index contributed by atoms with van der Waals surface area (Å²) in [6.45, 7) is 2.71. The fraction of sp³-hybridized carbons (Fsp3) is 0.444. The van der Waals surface area contributed by atoms with Gasteiger partial charge in [0.2, 0.25) is 5.95 Å². The molecule has 0 N–H and O–H groups in total. The van der Waals surface area contributed by atoms with Crippen LogP contribution in [0.15, 0.2) is 36.5 Å². The first kappa shape index (κ1) is 16.6. The van der Waals surface area contributed by atoms with Gasteiger partial charge < -0.3 is 9.80 Å². The molecule has 0 saturated carbocycles. The Labute approximate surface area is 142 Å². The number of aromatic nitrogens is 2. The standard InChI is InChI=1S/C18H24FN5/c1-22(2)17-7-9-20-18(21-17)23(3)16-8-10-24(13-16)12-14-5-4-6-15(19)11-14/h4-7,9,11,16H,8,10,12-13H2,1-3H3. The molecule has 1 fully saturated rings. The first-order valence-corrected chi connectivity index (χ1v) is 8.23. The molecule has 2 aromatic rings. The fourth-order valence-corrected chi connectivity index (χ4v) is 3.09. The van der Waals surface area contributed by atoms with Crippen LogP contribution in [-0.4, -0.2) is 55.1 Å². The highest BCUT2D eigenvalue weighted by Crippen LogP contribution is 2.21. The Morgan fingerprint density at radius 2 is 2.08 bits per heavy atom. The van der Waals surface area contributed by atoms with E-state index in [9.17, 15) is 4.39 Å². The molecule has 24 heavy (non-hydrogen) atoms. The molecule has 3 rings (SSSR count). The minimum absolute atomic E-state index is 0.172. The van der Waals surface area contributed by atoms with Gasteiger partial charge in [0.1, 0.15) is 11.6 Å². The van der Waals surface area contributed by atoms with Gasteiger partial charge in [-0.2, -0.15) is 4.98 Å². The third-order valence-corrected chi connectivity index (χ3v) is 4.49. The predicted octanol–water partition coefficient (Wildman–Crippen LogP) is 2.39. The Morgan fingerprint density at radius 3 is 2.83 bits per heavy atom. The maximum Gasteiger partial charge on any atom is 0.227 e. The van der Waals surface area contributed by atoms with Crippen molar-refractivity contribution < 1.29 is 4.39 Å². The van der Waals surface area contributed by atoms with E-state index >= 15 is 0 Å². The van der Waals surface area contributed by atoms with Crippen molar-refractivity contribution in [2.45, 2.75) is 19.0 Å². The fourth-order valence-electron chi connectivity index (χ4n) is 3.09. The van der Waals surface area contributed by atoms with Gasteiger partial charge in [-0.3, -0.25) is 4.90 Å². The highest BCUT2D eigenvalue weighted by molar-refractivity contribution is 5.42. The van der Waals surface area contributed by atoms with Gasteiger partial charge in [0.15, 0.2) is 0 Å². The van der Waals surface area contributed by atoms with Crippen LogP contribution in [0.2, 0.25) is 0 Å². The summed E-state index contributed by atoms with van der Waals surface area (Å²) in [5, 5.41) is 0. The number of likely N-dealkylation sites (N-methyl/N-ethyl adjacent to an activating group) is 1. The van der Waals surface area contributed by atoms with Crippen molar-refractivity contribution in [3.8, 4) is 0 Å². The Bertz CT molecular complexity index is 691. The zero-order valence-electron chi connectivity index (χ0n) is 14.5. The van der Waals surface area contributed by atoms with Crippen LogP contribution in [0.5, 0.6) is 0 Å². The van der Waals surface area contributed by atoms with Gasteiger partial charge in [-0.1, -0.05) is 12.1 Å². The molecule has 0 radical (unpaired) electrons. The summed E-state index contributed by atoms with van der Waals surface area (Å²) >= 11 is 0. The Hall–Kier alpha value is -2.21. The van der Waals surface area contributed by atoms with Crippen molar-refractivity contribution in [1.29, 1.82) is 0 Å². The van der Waals surface area contributed by atoms with Gasteiger partial charge in [0, 0.05) is 53.0 Å². The van der Waals surface area contributed by atoms with E-state index in [1.807, 2.05) is 38.2 Å². The number of hydrogen-bond acceptors (Lipinski definition) is 5. The monoisotopic (exact) mass is 329 g/mol. The highest BCUT2D eigenvalue weighted by atomic mass is 19.1. The van der Waals surface area contributed by atoms with E-state index in [-0.39, 0.29) is 5.82 Å². The average molecular weight is 329 g/mol. The minimum Gasteiger partial charge on any atom is -0.363 e. The molecule has 0 bridgehead atoms. The van der Waals surface area contributed by atoms with Crippen molar-refractivity contribution in [3.63, 3.8) is 0 Å². The zero-order valence-corrected chi connectivity index (χ0v) is 14.5. The van der Waals surface area contributed by atoms with E-state index in [1.54, 1.807) is 18.3 Å². The number of anilines is 2. The van der Waals surface area contributed by atoms with Crippen LogP contribution in [0.4, 0.5) is 16.2 Å². The lowest BCUT2D eigenvalue weighted by molar-refractivity contribution is 0.325. The largest absolute Gasteiger partial charge is 0.363 e.